The molecule has 1 heterocycles. The Morgan fingerprint density at radius 2 is 2.00 bits per heavy atom. The van der Waals surface area contributed by atoms with E-state index < -0.39 is 0 Å². The Kier molecular flexibility index (Phi) is 7.75. The molecule has 1 aliphatic heterocycles. The molecule has 0 aliphatic carbocycles. The van der Waals surface area contributed by atoms with Gasteiger partial charge in [0.05, 0.1) is 0 Å². The molecule has 0 saturated carbocycles. The summed E-state index contributed by atoms with van der Waals surface area (Å²) in [7, 11) is 8.25. The smallest absolute Gasteiger partial charge is 0.193 e. The number of unbranched alkanes of at least 4 members (excludes halogenated alkanes) is 1. The zero-order chi connectivity index (χ0) is 15.7. The van der Waals surface area contributed by atoms with Crippen molar-refractivity contribution in [3.63, 3.8) is 0 Å². The molecule has 1 fully saturated rings. The highest BCUT2D eigenvalue weighted by Crippen LogP contribution is 2.25. The Bertz CT molecular complexity index is 335. The van der Waals surface area contributed by atoms with Crippen molar-refractivity contribution in [2.75, 3.05) is 54.5 Å². The van der Waals surface area contributed by atoms with Gasteiger partial charge in [0.2, 0.25) is 0 Å². The van der Waals surface area contributed by atoms with Gasteiger partial charge in [0.15, 0.2) is 5.96 Å². The second kappa shape index (κ2) is 9.05. The van der Waals surface area contributed by atoms with Gasteiger partial charge >= 0.3 is 0 Å². The fourth-order valence-corrected chi connectivity index (χ4v) is 2.74. The fourth-order valence-electron chi connectivity index (χ4n) is 2.74. The van der Waals surface area contributed by atoms with Crippen LogP contribution in [0.3, 0.4) is 0 Å². The van der Waals surface area contributed by atoms with Crippen LogP contribution in [0.1, 0.15) is 25.7 Å². The third-order valence-electron chi connectivity index (χ3n) is 4.42. The first kappa shape index (κ1) is 18.0. The van der Waals surface area contributed by atoms with E-state index in [0.717, 1.165) is 57.9 Å². The topological polar surface area (TPSA) is 40.1 Å². The van der Waals surface area contributed by atoms with Crippen LogP contribution >= 0.6 is 0 Å². The van der Waals surface area contributed by atoms with Gasteiger partial charge in [-0.15, -0.1) is 6.58 Å². The van der Waals surface area contributed by atoms with Crippen molar-refractivity contribution in [3.8, 4) is 0 Å². The summed E-state index contributed by atoms with van der Waals surface area (Å²) in [5, 5.41) is 3.54. The molecular formula is C16H32N4O. The van der Waals surface area contributed by atoms with E-state index in [4.69, 9.17) is 4.74 Å². The minimum Gasteiger partial charge on any atom is -0.381 e. The summed E-state index contributed by atoms with van der Waals surface area (Å²) in [4.78, 5) is 8.91. The van der Waals surface area contributed by atoms with Crippen molar-refractivity contribution < 1.29 is 4.74 Å². The van der Waals surface area contributed by atoms with Gasteiger partial charge in [-0.05, 0) is 39.8 Å². The van der Waals surface area contributed by atoms with Crippen LogP contribution in [0.25, 0.3) is 0 Å². The van der Waals surface area contributed by atoms with Gasteiger partial charge in [-0.1, -0.05) is 6.08 Å². The Balaban J connectivity index is 2.54. The molecule has 122 valence electrons. The molecule has 0 aromatic rings. The predicted octanol–water partition coefficient (Wildman–Crippen LogP) is 1.57. The zero-order valence-electron chi connectivity index (χ0n) is 14.2. The maximum absolute atomic E-state index is 5.52. The number of allylic oxidation sites excluding steroid dienone is 1. The molecule has 0 amide bonds. The fraction of sp³-hybridized carbons (Fsp3) is 0.812. The highest BCUT2D eigenvalue weighted by atomic mass is 16.5. The Morgan fingerprint density at radius 3 is 2.52 bits per heavy atom. The van der Waals surface area contributed by atoms with Crippen molar-refractivity contribution in [1.82, 2.24) is 15.1 Å². The summed E-state index contributed by atoms with van der Waals surface area (Å²) in [6.45, 7) is 7.34. The van der Waals surface area contributed by atoms with Crippen LogP contribution in [0.2, 0.25) is 0 Å². The van der Waals surface area contributed by atoms with E-state index in [1.54, 1.807) is 0 Å². The second-order valence-electron chi connectivity index (χ2n) is 5.98. The van der Waals surface area contributed by atoms with Crippen LogP contribution in [0, 0.1) is 0 Å². The number of hydrogen-bond donors (Lipinski definition) is 1. The molecule has 21 heavy (non-hydrogen) atoms. The molecule has 0 unspecified atom stereocenters. The van der Waals surface area contributed by atoms with E-state index in [-0.39, 0.29) is 5.54 Å². The molecule has 0 spiro atoms. The van der Waals surface area contributed by atoms with Crippen LogP contribution in [-0.2, 0) is 4.74 Å². The van der Waals surface area contributed by atoms with Crippen molar-refractivity contribution in [2.24, 2.45) is 4.99 Å². The number of guanidine groups is 1. The molecular weight excluding hydrogens is 264 g/mol. The number of nitrogens with one attached hydrogen (secondary N) is 1. The zero-order valence-corrected chi connectivity index (χ0v) is 14.2. The summed E-state index contributed by atoms with van der Waals surface area (Å²) in [6.07, 6.45) is 6.23. The third-order valence-corrected chi connectivity index (χ3v) is 4.42. The van der Waals surface area contributed by atoms with E-state index >= 15 is 0 Å². The minimum absolute atomic E-state index is 0.163. The number of rotatable bonds is 7. The SMILES string of the molecule is C=CCCCN(C)C(=NC)NCC1(N(C)C)CCOCC1. The number of aliphatic imine (C=N–C) groups is 1. The maximum Gasteiger partial charge on any atom is 0.193 e. The molecule has 1 rings (SSSR count). The Labute approximate surface area is 130 Å². The maximum atomic E-state index is 5.52. The van der Waals surface area contributed by atoms with Crippen LogP contribution in [0.15, 0.2) is 17.6 Å². The van der Waals surface area contributed by atoms with Gasteiger partial charge in [0.1, 0.15) is 0 Å². The van der Waals surface area contributed by atoms with Crippen LogP contribution in [0.5, 0.6) is 0 Å². The summed E-state index contributed by atoms with van der Waals surface area (Å²) in [5.74, 6) is 0.965. The molecule has 0 bridgehead atoms. The van der Waals surface area contributed by atoms with Crippen LogP contribution in [0.4, 0.5) is 0 Å². The van der Waals surface area contributed by atoms with Crippen molar-refractivity contribution in [2.45, 2.75) is 31.2 Å². The summed E-state index contributed by atoms with van der Waals surface area (Å²) >= 11 is 0. The average Bonchev–Trinajstić information content (AvgIpc) is 2.49. The average molecular weight is 296 g/mol. The molecule has 5 heteroatoms. The summed E-state index contributed by atoms with van der Waals surface area (Å²) in [6, 6.07) is 0. The van der Waals surface area contributed by atoms with E-state index in [1.165, 1.54) is 0 Å². The molecule has 0 radical (unpaired) electrons. The standard InChI is InChI=1S/C16H32N4O/c1-6-7-8-11-20(5)15(17-2)18-14-16(19(3)4)9-12-21-13-10-16/h6H,1,7-14H2,2-5H3,(H,17,18). The monoisotopic (exact) mass is 296 g/mol. The second-order valence-corrected chi connectivity index (χ2v) is 5.98. The van der Waals surface area contributed by atoms with Crippen molar-refractivity contribution in [3.05, 3.63) is 12.7 Å². The third kappa shape index (κ3) is 5.32. The summed E-state index contributed by atoms with van der Waals surface area (Å²) < 4.78 is 5.52. The van der Waals surface area contributed by atoms with Gasteiger partial charge < -0.3 is 19.9 Å². The number of ether oxygens (including phenoxy) is 1. The molecule has 1 saturated heterocycles. The highest BCUT2D eigenvalue weighted by Gasteiger charge is 2.34. The molecule has 1 aliphatic rings. The lowest BCUT2D eigenvalue weighted by Crippen LogP contribution is -2.57. The lowest BCUT2D eigenvalue weighted by atomic mass is 9.88. The van der Waals surface area contributed by atoms with Crippen molar-refractivity contribution in [1.29, 1.82) is 0 Å². The van der Waals surface area contributed by atoms with E-state index in [9.17, 15) is 0 Å². The van der Waals surface area contributed by atoms with Crippen molar-refractivity contribution >= 4 is 5.96 Å². The number of hydrogen-bond acceptors (Lipinski definition) is 3. The predicted molar refractivity (Wildman–Crippen MR) is 89.9 cm³/mol. The molecule has 0 atom stereocenters. The van der Waals surface area contributed by atoms with E-state index in [2.05, 4.69) is 47.8 Å². The highest BCUT2D eigenvalue weighted by molar-refractivity contribution is 5.79. The minimum atomic E-state index is 0.163. The lowest BCUT2D eigenvalue weighted by Gasteiger charge is -2.43. The van der Waals surface area contributed by atoms with Crippen LogP contribution in [-0.4, -0.2) is 75.8 Å². The Morgan fingerprint density at radius 1 is 1.33 bits per heavy atom. The lowest BCUT2D eigenvalue weighted by molar-refractivity contribution is -0.00521. The first-order chi connectivity index (χ1) is 10.1. The van der Waals surface area contributed by atoms with Gasteiger partial charge in [-0.25, -0.2) is 0 Å². The van der Waals surface area contributed by atoms with E-state index in [0.29, 0.717) is 0 Å². The van der Waals surface area contributed by atoms with Gasteiger partial charge in [-0.3, -0.25) is 4.99 Å². The number of nitrogens with zero attached hydrogens (tertiary/aromatic N) is 3. The first-order valence-electron chi connectivity index (χ1n) is 7.83. The molecule has 1 N–H and O–H groups in total. The quantitative estimate of drug-likeness (QED) is 0.335. The molecule has 5 nitrogen and oxygen atoms in total. The normalized spacial score (nSPS) is 18.6. The summed E-state index contributed by atoms with van der Waals surface area (Å²) in [5.41, 5.74) is 0.163. The molecule has 0 aromatic heterocycles. The first-order valence-corrected chi connectivity index (χ1v) is 7.83. The van der Waals surface area contributed by atoms with E-state index in [1.807, 2.05) is 13.1 Å². The van der Waals surface area contributed by atoms with Gasteiger partial charge in [0, 0.05) is 45.9 Å². The Hall–Kier alpha value is -1.07. The number of likely N-dealkylation sites (N-methyl/N-ethyl adjacent to an activating group) is 1. The van der Waals surface area contributed by atoms with Gasteiger partial charge in [0.25, 0.3) is 0 Å². The van der Waals surface area contributed by atoms with Gasteiger partial charge in [-0.2, -0.15) is 0 Å². The molecule has 0 aromatic carbocycles. The van der Waals surface area contributed by atoms with Crippen LogP contribution < -0.4 is 5.32 Å². The largest absolute Gasteiger partial charge is 0.381 e.